The maximum atomic E-state index is 11.0. The summed E-state index contributed by atoms with van der Waals surface area (Å²) in [6, 6.07) is 9.00. The highest BCUT2D eigenvalue weighted by Gasteiger charge is 2.21. The van der Waals surface area contributed by atoms with Gasteiger partial charge in [-0.2, -0.15) is 0 Å². The Morgan fingerprint density at radius 3 is 2.50 bits per heavy atom. The molecular formula is C14H13N3O5. The molecule has 0 radical (unpaired) electrons. The van der Waals surface area contributed by atoms with Crippen LogP contribution in [0.15, 0.2) is 36.4 Å². The van der Waals surface area contributed by atoms with E-state index < -0.39 is 16.0 Å². The highest BCUT2D eigenvalue weighted by Crippen LogP contribution is 2.30. The molecule has 1 aromatic carbocycles. The van der Waals surface area contributed by atoms with Gasteiger partial charge in [0.2, 0.25) is 5.75 Å². The molecule has 0 spiro atoms. The summed E-state index contributed by atoms with van der Waals surface area (Å²) in [5.41, 5.74) is 0.982. The third-order valence-corrected chi connectivity index (χ3v) is 3.01. The van der Waals surface area contributed by atoms with Crippen LogP contribution >= 0.6 is 0 Å². The fourth-order valence-electron chi connectivity index (χ4n) is 1.90. The van der Waals surface area contributed by atoms with Gasteiger partial charge in [0, 0.05) is 19.1 Å². The summed E-state index contributed by atoms with van der Waals surface area (Å²) >= 11 is 0. The number of hydrogen-bond acceptors (Lipinski definition) is 6. The van der Waals surface area contributed by atoms with Crippen LogP contribution in [-0.2, 0) is 0 Å². The molecule has 8 heteroatoms. The first-order valence-corrected chi connectivity index (χ1v) is 6.41. The highest BCUT2D eigenvalue weighted by molar-refractivity contribution is 5.41. The van der Waals surface area contributed by atoms with E-state index in [0.29, 0.717) is 11.3 Å². The molecule has 2 aromatic rings. The molecule has 114 valence electrons. The average molecular weight is 303 g/mol. The number of non-ortho nitro benzene ring substituents is 1. The Morgan fingerprint density at radius 1 is 1.14 bits per heavy atom. The van der Waals surface area contributed by atoms with Crippen molar-refractivity contribution in [1.82, 2.24) is 4.98 Å². The molecule has 0 aliphatic rings. The monoisotopic (exact) mass is 303 g/mol. The number of nitro benzene ring substituents is 1. The first-order valence-electron chi connectivity index (χ1n) is 6.41. The number of rotatable bonds is 5. The predicted molar refractivity (Wildman–Crippen MR) is 77.8 cm³/mol. The van der Waals surface area contributed by atoms with Crippen LogP contribution in [0, 0.1) is 27.2 Å². The van der Waals surface area contributed by atoms with Crippen LogP contribution in [0.3, 0.4) is 0 Å². The predicted octanol–water partition coefficient (Wildman–Crippen LogP) is 3.35. The number of hydrogen-bond donors (Lipinski definition) is 0. The molecule has 1 heterocycles. The van der Waals surface area contributed by atoms with Crippen molar-refractivity contribution in [3.63, 3.8) is 0 Å². The van der Waals surface area contributed by atoms with Gasteiger partial charge in [0.05, 0.1) is 4.92 Å². The van der Waals surface area contributed by atoms with Crippen LogP contribution in [-0.4, -0.2) is 14.8 Å². The summed E-state index contributed by atoms with van der Waals surface area (Å²) in [5, 5.41) is 21.8. The number of pyridine rings is 1. The van der Waals surface area contributed by atoms with E-state index in [1.54, 1.807) is 26.0 Å². The van der Waals surface area contributed by atoms with E-state index in [-0.39, 0.29) is 17.3 Å². The molecule has 0 bridgehead atoms. The maximum Gasteiger partial charge on any atom is 0.406 e. The molecule has 0 amide bonds. The van der Waals surface area contributed by atoms with Gasteiger partial charge in [0.25, 0.3) is 5.69 Å². The van der Waals surface area contributed by atoms with Crippen molar-refractivity contribution in [3.05, 3.63) is 67.9 Å². The van der Waals surface area contributed by atoms with Crippen molar-refractivity contribution in [1.29, 1.82) is 0 Å². The number of aryl methyl sites for hydroxylation is 1. The Balaban J connectivity index is 2.29. The van der Waals surface area contributed by atoms with Crippen LogP contribution in [0.1, 0.15) is 24.3 Å². The first kappa shape index (κ1) is 15.4. The number of nitro groups is 2. The number of ether oxygens (including phenoxy) is 1. The minimum absolute atomic E-state index is 0.0228. The summed E-state index contributed by atoms with van der Waals surface area (Å²) in [4.78, 5) is 24.5. The van der Waals surface area contributed by atoms with Crippen LogP contribution in [0.2, 0.25) is 0 Å². The Labute approximate surface area is 125 Å². The van der Waals surface area contributed by atoms with Crippen molar-refractivity contribution >= 4 is 11.5 Å². The van der Waals surface area contributed by atoms with E-state index in [1.165, 1.54) is 24.3 Å². The minimum Gasteiger partial charge on any atom is -0.478 e. The van der Waals surface area contributed by atoms with Gasteiger partial charge in [-0.3, -0.25) is 10.1 Å². The molecule has 1 aromatic heterocycles. The van der Waals surface area contributed by atoms with Gasteiger partial charge in [-0.25, -0.2) is 0 Å². The molecule has 0 unspecified atom stereocenters. The highest BCUT2D eigenvalue weighted by atomic mass is 16.6. The van der Waals surface area contributed by atoms with Gasteiger partial charge >= 0.3 is 5.82 Å². The average Bonchev–Trinajstić information content (AvgIpc) is 2.48. The topological polar surface area (TPSA) is 108 Å². The van der Waals surface area contributed by atoms with E-state index in [2.05, 4.69) is 4.98 Å². The minimum atomic E-state index is -0.623. The molecular weight excluding hydrogens is 290 g/mol. The Hall–Kier alpha value is -3.03. The summed E-state index contributed by atoms with van der Waals surface area (Å²) in [6.45, 7) is 3.30. The molecule has 8 nitrogen and oxygen atoms in total. The number of aromatic nitrogens is 1. The maximum absolute atomic E-state index is 11.0. The molecule has 0 aliphatic carbocycles. The Bertz CT molecular complexity index is 732. The largest absolute Gasteiger partial charge is 0.478 e. The van der Waals surface area contributed by atoms with Crippen LogP contribution in [0.4, 0.5) is 11.5 Å². The summed E-state index contributed by atoms with van der Waals surface area (Å²) in [7, 11) is 0. The van der Waals surface area contributed by atoms with E-state index in [9.17, 15) is 20.2 Å². The second-order valence-electron chi connectivity index (χ2n) is 4.64. The van der Waals surface area contributed by atoms with Gasteiger partial charge in [0.15, 0.2) is 0 Å². The van der Waals surface area contributed by atoms with Crippen LogP contribution in [0.5, 0.6) is 5.75 Å². The molecule has 2 rings (SSSR count). The summed E-state index contributed by atoms with van der Waals surface area (Å²) in [5.74, 6) is -0.355. The summed E-state index contributed by atoms with van der Waals surface area (Å²) < 4.78 is 5.56. The van der Waals surface area contributed by atoms with Crippen LogP contribution in [0.25, 0.3) is 0 Å². The lowest BCUT2D eigenvalue weighted by Gasteiger charge is -2.14. The molecule has 0 fully saturated rings. The number of nitrogens with zero attached hydrogens (tertiary/aromatic N) is 3. The van der Waals surface area contributed by atoms with Gasteiger partial charge in [0.1, 0.15) is 11.8 Å². The van der Waals surface area contributed by atoms with E-state index >= 15 is 0 Å². The van der Waals surface area contributed by atoms with E-state index in [4.69, 9.17) is 4.74 Å². The quantitative estimate of drug-likeness (QED) is 0.619. The molecule has 1 atom stereocenters. The molecule has 22 heavy (non-hydrogen) atoms. The van der Waals surface area contributed by atoms with Gasteiger partial charge < -0.3 is 14.9 Å². The zero-order valence-corrected chi connectivity index (χ0v) is 11.9. The van der Waals surface area contributed by atoms with Crippen molar-refractivity contribution in [2.45, 2.75) is 20.0 Å². The SMILES string of the molecule is Cc1ccc(O[C@H](C)c2cccc([N+](=O)[O-])c2)c([N+](=O)[O-])n1. The zero-order valence-electron chi connectivity index (χ0n) is 11.9. The van der Waals surface area contributed by atoms with E-state index in [0.717, 1.165) is 0 Å². The normalized spacial score (nSPS) is 11.7. The van der Waals surface area contributed by atoms with Gasteiger partial charge in [-0.05, 0) is 34.5 Å². The smallest absolute Gasteiger partial charge is 0.406 e. The van der Waals surface area contributed by atoms with Gasteiger partial charge in [-0.1, -0.05) is 12.1 Å². The number of benzene rings is 1. The lowest BCUT2D eigenvalue weighted by Crippen LogP contribution is -2.06. The van der Waals surface area contributed by atoms with E-state index in [1.807, 2.05) is 0 Å². The molecule has 0 saturated heterocycles. The Morgan fingerprint density at radius 2 is 1.86 bits per heavy atom. The lowest BCUT2D eigenvalue weighted by atomic mass is 10.1. The molecule has 0 saturated carbocycles. The second kappa shape index (κ2) is 6.17. The lowest BCUT2D eigenvalue weighted by molar-refractivity contribution is -0.390. The standard InChI is InChI=1S/C14H13N3O5/c1-9-6-7-13(14(15-9)17(20)21)22-10(2)11-4-3-5-12(8-11)16(18)19/h3-8,10H,1-2H3/t10-/m1/s1. The van der Waals surface area contributed by atoms with Crippen molar-refractivity contribution in [2.24, 2.45) is 0 Å². The first-order chi connectivity index (χ1) is 10.4. The Kier molecular flexibility index (Phi) is 4.31. The zero-order chi connectivity index (χ0) is 16.3. The second-order valence-corrected chi connectivity index (χ2v) is 4.64. The third kappa shape index (κ3) is 3.35. The van der Waals surface area contributed by atoms with Crippen molar-refractivity contribution in [2.75, 3.05) is 0 Å². The molecule has 0 aliphatic heterocycles. The van der Waals surface area contributed by atoms with Gasteiger partial charge in [-0.15, -0.1) is 0 Å². The fraction of sp³-hybridized carbons (Fsp3) is 0.214. The molecule has 0 N–H and O–H groups in total. The summed E-state index contributed by atoms with van der Waals surface area (Å²) in [6.07, 6.45) is -0.594. The van der Waals surface area contributed by atoms with Crippen molar-refractivity contribution in [3.8, 4) is 5.75 Å². The van der Waals surface area contributed by atoms with Crippen molar-refractivity contribution < 1.29 is 14.6 Å². The third-order valence-electron chi connectivity index (χ3n) is 3.01. The van der Waals surface area contributed by atoms with Crippen LogP contribution < -0.4 is 4.74 Å². The fourth-order valence-corrected chi connectivity index (χ4v) is 1.90.